The monoisotopic (exact) mass is 686 g/mol. The molecule has 0 radical (unpaired) electrons. The van der Waals surface area contributed by atoms with Crippen molar-refractivity contribution in [2.24, 2.45) is 5.92 Å². The number of rotatable bonds is 4. The summed E-state index contributed by atoms with van der Waals surface area (Å²) in [5, 5.41) is 8.56. The third kappa shape index (κ3) is 9.17. The van der Waals surface area contributed by atoms with E-state index < -0.39 is 15.5 Å². The van der Waals surface area contributed by atoms with Crippen molar-refractivity contribution in [2.45, 2.75) is 23.7 Å². The molecule has 2 atom stereocenters. The lowest BCUT2D eigenvalue weighted by atomic mass is 10.1. The van der Waals surface area contributed by atoms with E-state index in [-0.39, 0.29) is 22.3 Å². The Hall–Kier alpha value is -2.83. The van der Waals surface area contributed by atoms with Crippen molar-refractivity contribution in [1.29, 1.82) is 5.26 Å². The lowest BCUT2D eigenvalue weighted by molar-refractivity contribution is -0.142. The first-order valence-corrected chi connectivity index (χ1v) is 14.5. The Bertz CT molecular complexity index is 1440. The van der Waals surface area contributed by atoms with E-state index in [1.54, 1.807) is 18.2 Å². The van der Waals surface area contributed by atoms with Gasteiger partial charge < -0.3 is 4.74 Å². The van der Waals surface area contributed by atoms with Gasteiger partial charge >= 0.3 is 5.97 Å². The van der Waals surface area contributed by atoms with Gasteiger partial charge in [0.25, 0.3) is 15.5 Å². The number of benzene rings is 3. The SMILES string of the molecule is COC(=O)C1CC1c1cccc(Br)c1.O=S(=O)(Cl)c1ccc(C(F)F)cc1.[C-]#[N+]c1cccc(C#N)c1Br. The Morgan fingerprint density at radius 1 is 1.16 bits per heavy atom. The predicted molar refractivity (Wildman–Crippen MR) is 147 cm³/mol. The number of carbonyl (C=O) groups is 1. The summed E-state index contributed by atoms with van der Waals surface area (Å²) in [6.45, 7) is 6.74. The predicted octanol–water partition coefficient (Wildman–Crippen LogP) is 8.15. The van der Waals surface area contributed by atoms with Gasteiger partial charge in [0, 0.05) is 25.2 Å². The third-order valence-electron chi connectivity index (χ3n) is 5.20. The maximum Gasteiger partial charge on any atom is 0.309 e. The Labute approximate surface area is 240 Å². The average Bonchev–Trinajstić information content (AvgIpc) is 3.70. The topological polar surface area (TPSA) is 88.6 Å². The number of halogens is 5. The largest absolute Gasteiger partial charge is 0.469 e. The number of nitrogens with zero attached hydrogens (tertiary/aromatic N) is 2. The quantitative estimate of drug-likeness (QED) is 0.157. The summed E-state index contributed by atoms with van der Waals surface area (Å²) in [6, 6.07) is 19.2. The van der Waals surface area contributed by atoms with Crippen LogP contribution in [-0.4, -0.2) is 21.5 Å². The molecule has 0 amide bonds. The van der Waals surface area contributed by atoms with Gasteiger partial charge in [-0.1, -0.05) is 68.3 Å². The van der Waals surface area contributed by atoms with Gasteiger partial charge in [0.05, 0.1) is 36.1 Å². The van der Waals surface area contributed by atoms with E-state index in [9.17, 15) is 22.0 Å². The lowest BCUT2D eigenvalue weighted by Crippen LogP contribution is -2.03. The molecule has 0 saturated heterocycles. The summed E-state index contributed by atoms with van der Waals surface area (Å²) in [4.78, 5) is 14.3. The van der Waals surface area contributed by atoms with Crippen LogP contribution < -0.4 is 0 Å². The van der Waals surface area contributed by atoms with Gasteiger partial charge in [-0.25, -0.2) is 22.0 Å². The number of alkyl halides is 2. The third-order valence-corrected chi connectivity index (χ3v) is 7.90. The van der Waals surface area contributed by atoms with E-state index in [1.807, 2.05) is 18.2 Å². The molecule has 0 aromatic heterocycles. The molecule has 1 saturated carbocycles. The van der Waals surface area contributed by atoms with Crippen molar-refractivity contribution < 1.29 is 26.7 Å². The second-order valence-corrected chi connectivity index (χ2v) is 12.0. The first-order chi connectivity index (χ1) is 17.9. The van der Waals surface area contributed by atoms with E-state index in [0.717, 1.165) is 35.2 Å². The normalized spacial score (nSPS) is 15.5. The van der Waals surface area contributed by atoms with Crippen molar-refractivity contribution in [3.63, 3.8) is 0 Å². The van der Waals surface area contributed by atoms with Crippen LogP contribution in [0.3, 0.4) is 0 Å². The summed E-state index contributed by atoms with van der Waals surface area (Å²) >= 11 is 6.58. The van der Waals surface area contributed by atoms with Crippen molar-refractivity contribution in [3.05, 3.63) is 104 Å². The van der Waals surface area contributed by atoms with E-state index >= 15 is 0 Å². The number of hydrogen-bond donors (Lipinski definition) is 0. The van der Waals surface area contributed by atoms with E-state index in [2.05, 4.69) is 48.8 Å². The van der Waals surface area contributed by atoms with Crippen LogP contribution in [0.5, 0.6) is 0 Å². The fourth-order valence-corrected chi connectivity index (χ4v) is 4.81. The Morgan fingerprint density at radius 3 is 2.29 bits per heavy atom. The molecule has 38 heavy (non-hydrogen) atoms. The van der Waals surface area contributed by atoms with Gasteiger partial charge in [-0.05, 0) is 48.2 Å². The van der Waals surface area contributed by atoms with Crippen LogP contribution in [0.2, 0.25) is 0 Å². The molecule has 0 bridgehead atoms. The van der Waals surface area contributed by atoms with Gasteiger partial charge in [0.15, 0.2) is 0 Å². The molecule has 1 aliphatic carbocycles. The summed E-state index contributed by atoms with van der Waals surface area (Å²) in [6.07, 6.45) is -1.68. The molecule has 198 valence electrons. The number of carbonyl (C=O) groups excluding carboxylic acids is 1. The second kappa shape index (κ2) is 14.4. The van der Waals surface area contributed by atoms with E-state index in [1.165, 1.54) is 12.7 Å². The number of hydrogen-bond acceptors (Lipinski definition) is 5. The Morgan fingerprint density at radius 2 is 1.79 bits per heavy atom. The molecule has 6 nitrogen and oxygen atoms in total. The van der Waals surface area contributed by atoms with Crippen molar-refractivity contribution >= 4 is 63.2 Å². The highest BCUT2D eigenvalue weighted by Crippen LogP contribution is 2.48. The molecule has 1 fully saturated rings. The van der Waals surface area contributed by atoms with Gasteiger partial charge in [-0.15, -0.1) is 0 Å². The average molecular weight is 689 g/mol. The van der Waals surface area contributed by atoms with Gasteiger partial charge in [0.1, 0.15) is 0 Å². The number of methoxy groups -OCH3 is 1. The molecule has 0 aliphatic heterocycles. The van der Waals surface area contributed by atoms with Crippen molar-refractivity contribution in [3.8, 4) is 6.07 Å². The van der Waals surface area contributed by atoms with Crippen LogP contribution in [0.1, 0.15) is 35.5 Å². The van der Waals surface area contributed by atoms with Gasteiger partial charge in [-0.3, -0.25) is 4.79 Å². The van der Waals surface area contributed by atoms with Crippen LogP contribution >= 0.6 is 42.5 Å². The van der Waals surface area contributed by atoms with E-state index in [0.29, 0.717) is 21.6 Å². The van der Waals surface area contributed by atoms with Crippen LogP contribution in [0.4, 0.5) is 14.5 Å². The van der Waals surface area contributed by atoms with Crippen LogP contribution in [0, 0.1) is 23.8 Å². The highest BCUT2D eigenvalue weighted by Gasteiger charge is 2.44. The molecule has 3 aromatic rings. The summed E-state index contributed by atoms with van der Waals surface area (Å²) in [7, 11) is 2.60. The molecular weight excluding hydrogens is 670 g/mol. The molecule has 0 N–H and O–H groups in total. The standard InChI is InChI=1S/C11H11BrO2.C8H3BrN2.C7H5ClF2O2S/c1-14-11(13)10-6-9(10)7-3-2-4-8(12)5-7;1-11-7-4-2-3-6(5-10)8(7)9;8-13(11,12)6-3-1-5(2-4-6)7(9)10/h2-5,9-10H,6H2,1H3;2-4H;1-4,7H. The maximum absolute atomic E-state index is 12.0. The summed E-state index contributed by atoms with van der Waals surface area (Å²) < 4.78 is 51.8. The first kappa shape index (κ1) is 31.4. The molecule has 3 aromatic carbocycles. The van der Waals surface area contributed by atoms with Crippen LogP contribution in [0.15, 0.2) is 80.6 Å². The van der Waals surface area contributed by atoms with E-state index in [4.69, 9.17) is 27.3 Å². The van der Waals surface area contributed by atoms with Crippen molar-refractivity contribution in [2.75, 3.05) is 7.11 Å². The minimum atomic E-state index is -3.82. The van der Waals surface area contributed by atoms with Gasteiger partial charge in [0.2, 0.25) is 5.69 Å². The molecule has 12 heteroatoms. The highest BCUT2D eigenvalue weighted by molar-refractivity contribution is 9.11. The van der Waals surface area contributed by atoms with Crippen molar-refractivity contribution in [1.82, 2.24) is 0 Å². The highest BCUT2D eigenvalue weighted by atomic mass is 79.9. The lowest BCUT2D eigenvalue weighted by Gasteiger charge is -2.00. The van der Waals surface area contributed by atoms with Gasteiger partial charge in [-0.2, -0.15) is 5.26 Å². The number of esters is 1. The summed E-state index contributed by atoms with van der Waals surface area (Å²) in [5.41, 5.74) is 1.96. The molecule has 0 heterocycles. The zero-order valence-corrected chi connectivity index (χ0v) is 24.4. The maximum atomic E-state index is 12.0. The Balaban J connectivity index is 0.000000202. The smallest absolute Gasteiger partial charge is 0.309 e. The minimum absolute atomic E-state index is 0.0781. The van der Waals surface area contributed by atoms with Crippen LogP contribution in [-0.2, 0) is 18.6 Å². The van der Waals surface area contributed by atoms with Crippen LogP contribution in [0.25, 0.3) is 4.85 Å². The second-order valence-electron chi connectivity index (χ2n) is 7.70. The molecule has 0 spiro atoms. The summed E-state index contributed by atoms with van der Waals surface area (Å²) in [5.74, 6) is 0.351. The first-order valence-electron chi connectivity index (χ1n) is 10.6. The zero-order chi connectivity index (χ0) is 28.5. The molecule has 4 rings (SSSR count). The molecule has 2 unspecified atom stereocenters. The number of ether oxygens (including phenoxy) is 1. The molecule has 1 aliphatic rings. The fourth-order valence-electron chi connectivity index (χ4n) is 3.18. The number of nitriles is 1. The minimum Gasteiger partial charge on any atom is -0.469 e. The Kier molecular flexibility index (Phi) is 11.9. The molecular formula is C26H19Br2ClF2N2O4S. The fraction of sp³-hybridized carbons (Fsp3) is 0.192. The zero-order valence-electron chi connectivity index (χ0n) is 19.6.